The average molecular weight is 211 g/mol. The molecule has 1 atom stereocenters. The Hall–Kier alpha value is -0.570. The molecule has 0 amide bonds. The number of carbonyl (C=O) groups is 1. The number of ether oxygens (including phenoxy) is 1. The molecular weight excluding hydrogens is 190 g/mol. The van der Waals surface area contributed by atoms with Crippen molar-refractivity contribution in [2.45, 2.75) is 51.0 Å². The fraction of sp³-hybridized carbons (Fsp3) is 0.917. The Morgan fingerprint density at radius 3 is 2.67 bits per heavy atom. The highest BCUT2D eigenvalue weighted by Gasteiger charge is 2.26. The Morgan fingerprint density at radius 2 is 2.07 bits per heavy atom. The highest BCUT2D eigenvalue weighted by Crippen LogP contribution is 2.27. The van der Waals surface area contributed by atoms with E-state index in [-0.39, 0.29) is 11.9 Å². The van der Waals surface area contributed by atoms with Gasteiger partial charge in [-0.15, -0.1) is 0 Å². The van der Waals surface area contributed by atoms with E-state index in [0.29, 0.717) is 12.6 Å². The van der Waals surface area contributed by atoms with Gasteiger partial charge in [-0.25, -0.2) is 0 Å². The summed E-state index contributed by atoms with van der Waals surface area (Å²) >= 11 is 0. The fourth-order valence-corrected chi connectivity index (χ4v) is 2.23. The van der Waals surface area contributed by atoms with E-state index in [9.17, 15) is 4.79 Å². The number of rotatable bonds is 4. The summed E-state index contributed by atoms with van der Waals surface area (Å²) in [7, 11) is 0. The van der Waals surface area contributed by atoms with E-state index in [1.165, 1.54) is 25.7 Å². The molecule has 0 spiro atoms. The smallest absolute Gasteiger partial charge is 0.308 e. The van der Waals surface area contributed by atoms with Gasteiger partial charge >= 0.3 is 5.97 Å². The number of esters is 1. The molecule has 3 nitrogen and oxygen atoms in total. The molecule has 1 saturated heterocycles. The zero-order valence-electron chi connectivity index (χ0n) is 9.34. The summed E-state index contributed by atoms with van der Waals surface area (Å²) in [4.78, 5) is 11.4. The summed E-state index contributed by atoms with van der Waals surface area (Å²) in [5.41, 5.74) is 0. The number of piperidine rings is 1. The van der Waals surface area contributed by atoms with E-state index in [1.54, 1.807) is 0 Å². The lowest BCUT2D eigenvalue weighted by atomic mass is 9.86. The number of hydrogen-bond acceptors (Lipinski definition) is 3. The Balaban J connectivity index is 1.55. The maximum atomic E-state index is 11.4. The molecule has 0 aromatic carbocycles. The third kappa shape index (κ3) is 3.20. The van der Waals surface area contributed by atoms with E-state index in [1.807, 2.05) is 0 Å². The first-order valence-corrected chi connectivity index (χ1v) is 6.26. The van der Waals surface area contributed by atoms with Crippen LogP contribution in [0.3, 0.4) is 0 Å². The van der Waals surface area contributed by atoms with Gasteiger partial charge in [0, 0.05) is 6.04 Å². The van der Waals surface area contributed by atoms with Gasteiger partial charge in [0.25, 0.3) is 0 Å². The third-order valence-corrected chi connectivity index (χ3v) is 3.56. The molecule has 2 fully saturated rings. The van der Waals surface area contributed by atoms with Crippen LogP contribution in [0.4, 0.5) is 0 Å². The van der Waals surface area contributed by atoms with Crippen LogP contribution < -0.4 is 5.32 Å². The van der Waals surface area contributed by atoms with Crippen molar-refractivity contribution in [2.24, 2.45) is 5.92 Å². The van der Waals surface area contributed by atoms with Gasteiger partial charge in [0.1, 0.15) is 0 Å². The second kappa shape index (κ2) is 5.50. The summed E-state index contributed by atoms with van der Waals surface area (Å²) in [5.74, 6) is 0.265. The zero-order chi connectivity index (χ0) is 10.5. The van der Waals surface area contributed by atoms with Crippen molar-refractivity contribution in [3.8, 4) is 0 Å². The lowest BCUT2D eigenvalue weighted by Crippen LogP contribution is -2.35. The molecule has 1 N–H and O–H groups in total. The van der Waals surface area contributed by atoms with Gasteiger partial charge in [-0.1, -0.05) is 12.8 Å². The van der Waals surface area contributed by atoms with Crippen LogP contribution in [-0.2, 0) is 9.53 Å². The standard InChI is InChI=1S/C12H21NO2/c14-12(10-4-3-5-10)15-9-7-11-6-1-2-8-13-11/h10-11,13H,1-9H2/t11-/m0/s1. The highest BCUT2D eigenvalue weighted by molar-refractivity contribution is 5.73. The van der Waals surface area contributed by atoms with Crippen LogP contribution in [0.25, 0.3) is 0 Å². The van der Waals surface area contributed by atoms with Crippen LogP contribution in [-0.4, -0.2) is 25.2 Å². The lowest BCUT2D eigenvalue weighted by molar-refractivity contribution is -0.151. The van der Waals surface area contributed by atoms with E-state index < -0.39 is 0 Å². The molecule has 1 aliphatic heterocycles. The first kappa shape index (κ1) is 10.9. The average Bonchev–Trinajstić information content (AvgIpc) is 2.16. The molecule has 0 unspecified atom stereocenters. The monoisotopic (exact) mass is 211 g/mol. The van der Waals surface area contributed by atoms with E-state index in [4.69, 9.17) is 4.74 Å². The minimum Gasteiger partial charge on any atom is -0.465 e. The Kier molecular flexibility index (Phi) is 4.01. The fourth-order valence-electron chi connectivity index (χ4n) is 2.23. The Bertz CT molecular complexity index is 208. The predicted molar refractivity (Wildman–Crippen MR) is 58.6 cm³/mol. The molecule has 3 heteroatoms. The Morgan fingerprint density at radius 1 is 1.20 bits per heavy atom. The topological polar surface area (TPSA) is 38.3 Å². The van der Waals surface area contributed by atoms with Gasteiger partial charge in [-0.05, 0) is 38.6 Å². The molecule has 86 valence electrons. The molecule has 15 heavy (non-hydrogen) atoms. The minimum absolute atomic E-state index is 0.0389. The normalized spacial score (nSPS) is 27.1. The minimum atomic E-state index is 0.0389. The summed E-state index contributed by atoms with van der Waals surface area (Å²) in [6.45, 7) is 1.73. The molecule has 1 heterocycles. The SMILES string of the molecule is O=C(OCC[C@@H]1CCCCN1)C1CCC1. The number of hydrogen-bond donors (Lipinski definition) is 1. The quantitative estimate of drug-likeness (QED) is 0.721. The lowest BCUT2D eigenvalue weighted by Gasteiger charge is -2.25. The van der Waals surface area contributed by atoms with Crippen molar-refractivity contribution in [3.05, 3.63) is 0 Å². The van der Waals surface area contributed by atoms with Crippen LogP contribution in [0.5, 0.6) is 0 Å². The zero-order valence-corrected chi connectivity index (χ0v) is 9.34. The van der Waals surface area contributed by atoms with Crippen molar-refractivity contribution in [1.29, 1.82) is 0 Å². The second-order valence-corrected chi connectivity index (χ2v) is 4.73. The molecular formula is C12H21NO2. The second-order valence-electron chi connectivity index (χ2n) is 4.73. The largest absolute Gasteiger partial charge is 0.465 e. The first-order chi connectivity index (χ1) is 7.36. The van der Waals surface area contributed by atoms with E-state index in [2.05, 4.69) is 5.32 Å². The number of nitrogens with one attached hydrogen (secondary N) is 1. The molecule has 0 aromatic heterocycles. The number of carbonyl (C=O) groups excluding carboxylic acids is 1. The summed E-state index contributed by atoms with van der Waals surface area (Å²) in [6.07, 6.45) is 8.11. The molecule has 0 aromatic rings. The highest BCUT2D eigenvalue weighted by atomic mass is 16.5. The maximum absolute atomic E-state index is 11.4. The summed E-state index contributed by atoms with van der Waals surface area (Å²) < 4.78 is 5.27. The Labute approximate surface area is 91.6 Å². The third-order valence-electron chi connectivity index (χ3n) is 3.56. The van der Waals surface area contributed by atoms with Crippen molar-refractivity contribution in [3.63, 3.8) is 0 Å². The first-order valence-electron chi connectivity index (χ1n) is 6.26. The molecule has 1 aliphatic carbocycles. The van der Waals surface area contributed by atoms with Crippen molar-refractivity contribution in [2.75, 3.05) is 13.2 Å². The van der Waals surface area contributed by atoms with Gasteiger partial charge < -0.3 is 10.1 Å². The van der Waals surface area contributed by atoms with Crippen LogP contribution in [0, 0.1) is 5.92 Å². The van der Waals surface area contributed by atoms with Gasteiger partial charge in [0.05, 0.1) is 12.5 Å². The van der Waals surface area contributed by atoms with Gasteiger partial charge in [-0.3, -0.25) is 4.79 Å². The molecule has 2 rings (SSSR count). The maximum Gasteiger partial charge on any atom is 0.308 e. The van der Waals surface area contributed by atoms with Crippen LogP contribution >= 0.6 is 0 Å². The molecule has 1 saturated carbocycles. The van der Waals surface area contributed by atoms with Gasteiger partial charge in [0.15, 0.2) is 0 Å². The summed E-state index contributed by atoms with van der Waals surface area (Å²) in [6, 6.07) is 0.577. The van der Waals surface area contributed by atoms with E-state index >= 15 is 0 Å². The van der Waals surface area contributed by atoms with Crippen molar-refractivity contribution in [1.82, 2.24) is 5.32 Å². The van der Waals surface area contributed by atoms with Crippen LogP contribution in [0.2, 0.25) is 0 Å². The van der Waals surface area contributed by atoms with Crippen LogP contribution in [0.15, 0.2) is 0 Å². The van der Waals surface area contributed by atoms with Crippen LogP contribution in [0.1, 0.15) is 44.9 Å². The predicted octanol–water partition coefficient (Wildman–Crippen LogP) is 1.86. The van der Waals surface area contributed by atoms with Crippen molar-refractivity contribution >= 4 is 5.97 Å². The molecule has 2 aliphatic rings. The molecule has 0 radical (unpaired) electrons. The summed E-state index contributed by atoms with van der Waals surface area (Å²) in [5, 5.41) is 3.46. The van der Waals surface area contributed by atoms with E-state index in [0.717, 1.165) is 25.8 Å². The van der Waals surface area contributed by atoms with Gasteiger partial charge in [0.2, 0.25) is 0 Å². The van der Waals surface area contributed by atoms with Gasteiger partial charge in [-0.2, -0.15) is 0 Å². The molecule has 0 bridgehead atoms. The van der Waals surface area contributed by atoms with Crippen molar-refractivity contribution < 1.29 is 9.53 Å².